The Kier molecular flexibility index (Phi) is 5.01. The third-order valence-corrected chi connectivity index (χ3v) is 1.58. The van der Waals surface area contributed by atoms with Gasteiger partial charge in [-0.15, -0.1) is 0 Å². The number of aliphatic hydroxyl groups is 1. The van der Waals surface area contributed by atoms with Crippen molar-refractivity contribution in [2.75, 3.05) is 13.6 Å². The van der Waals surface area contributed by atoms with Crippen molar-refractivity contribution in [3.63, 3.8) is 0 Å². The van der Waals surface area contributed by atoms with E-state index in [4.69, 9.17) is 10.2 Å². The van der Waals surface area contributed by atoms with Gasteiger partial charge in [-0.25, -0.2) is 4.79 Å². The second-order valence-electron chi connectivity index (χ2n) is 2.61. The van der Waals surface area contributed by atoms with Gasteiger partial charge in [-0.05, 0) is 14.0 Å². The number of likely N-dealkylation sites (N-methyl/N-ethyl adjacent to an activating group) is 1. The fourth-order valence-electron chi connectivity index (χ4n) is 0.569. The lowest BCUT2D eigenvalue weighted by Gasteiger charge is -2.11. The van der Waals surface area contributed by atoms with E-state index >= 15 is 0 Å². The molecule has 2 unspecified atom stereocenters. The molecule has 0 aromatic heterocycles. The van der Waals surface area contributed by atoms with Crippen molar-refractivity contribution in [2.45, 2.75) is 19.1 Å². The molecule has 76 valence electrons. The van der Waals surface area contributed by atoms with E-state index in [2.05, 4.69) is 10.6 Å². The number of rotatable bonds is 5. The zero-order valence-electron chi connectivity index (χ0n) is 7.57. The van der Waals surface area contributed by atoms with Gasteiger partial charge in [0, 0.05) is 0 Å². The molecule has 13 heavy (non-hydrogen) atoms. The Balaban J connectivity index is 3.76. The fourth-order valence-corrected chi connectivity index (χ4v) is 0.569. The molecule has 0 aliphatic rings. The van der Waals surface area contributed by atoms with Gasteiger partial charge in [0.15, 0.2) is 6.10 Å². The number of carbonyl (C=O) groups excluding carboxylic acids is 1. The highest BCUT2D eigenvalue weighted by Crippen LogP contribution is 1.83. The third kappa shape index (κ3) is 4.44. The minimum absolute atomic E-state index is 0.278. The van der Waals surface area contributed by atoms with Gasteiger partial charge < -0.3 is 20.8 Å². The topological polar surface area (TPSA) is 98.7 Å². The summed E-state index contributed by atoms with van der Waals surface area (Å²) in [7, 11) is 1.61. The second kappa shape index (κ2) is 5.50. The van der Waals surface area contributed by atoms with Crippen molar-refractivity contribution >= 4 is 11.9 Å². The summed E-state index contributed by atoms with van der Waals surface area (Å²) in [4.78, 5) is 21.2. The smallest absolute Gasteiger partial charge is 0.334 e. The van der Waals surface area contributed by atoms with Crippen molar-refractivity contribution in [3.8, 4) is 0 Å². The number of carboxylic acid groups (broad SMARTS) is 1. The van der Waals surface area contributed by atoms with Gasteiger partial charge in [-0.2, -0.15) is 0 Å². The lowest BCUT2D eigenvalue weighted by Crippen LogP contribution is -2.44. The number of aliphatic carboxylic acids is 1. The number of amides is 1. The van der Waals surface area contributed by atoms with Crippen LogP contribution in [0.3, 0.4) is 0 Å². The van der Waals surface area contributed by atoms with Gasteiger partial charge in [0.1, 0.15) is 0 Å². The maximum atomic E-state index is 11.0. The summed E-state index contributed by atoms with van der Waals surface area (Å²) in [6.45, 7) is 1.35. The Labute approximate surface area is 75.9 Å². The van der Waals surface area contributed by atoms with Gasteiger partial charge in [-0.1, -0.05) is 0 Å². The van der Waals surface area contributed by atoms with Crippen LogP contribution >= 0.6 is 0 Å². The van der Waals surface area contributed by atoms with Gasteiger partial charge in [0.25, 0.3) is 0 Å². The summed E-state index contributed by atoms with van der Waals surface area (Å²) in [5, 5.41) is 22.0. The predicted octanol–water partition coefficient (Wildman–Crippen LogP) is -1.84. The molecule has 0 bridgehead atoms. The Morgan fingerprint density at radius 1 is 1.46 bits per heavy atom. The van der Waals surface area contributed by atoms with Crippen molar-refractivity contribution in [3.05, 3.63) is 0 Å². The first-order chi connectivity index (χ1) is 5.99. The van der Waals surface area contributed by atoms with Crippen molar-refractivity contribution in [2.24, 2.45) is 0 Å². The van der Waals surface area contributed by atoms with Crippen LogP contribution in [-0.4, -0.2) is 47.8 Å². The number of nitrogens with one attached hydrogen (secondary N) is 2. The molecule has 0 radical (unpaired) electrons. The summed E-state index contributed by atoms with van der Waals surface area (Å²) in [5.41, 5.74) is 0. The van der Waals surface area contributed by atoms with Crippen LogP contribution in [0, 0.1) is 0 Å². The van der Waals surface area contributed by atoms with Crippen LogP contribution in [-0.2, 0) is 9.59 Å². The summed E-state index contributed by atoms with van der Waals surface area (Å²) in [6.07, 6.45) is -1.55. The van der Waals surface area contributed by atoms with Gasteiger partial charge in [0.05, 0.1) is 12.6 Å². The predicted molar refractivity (Wildman–Crippen MR) is 45.2 cm³/mol. The van der Waals surface area contributed by atoms with E-state index in [0.717, 1.165) is 0 Å². The number of hydrogen-bond acceptors (Lipinski definition) is 4. The largest absolute Gasteiger partial charge is 0.479 e. The highest BCUT2D eigenvalue weighted by molar-refractivity contribution is 5.82. The fraction of sp³-hybridized carbons (Fsp3) is 0.714. The molecular formula is C7H14N2O4. The first-order valence-electron chi connectivity index (χ1n) is 3.85. The summed E-state index contributed by atoms with van der Waals surface area (Å²) in [6, 6.07) is -0.402. The number of carbonyl (C=O) groups is 2. The Hall–Kier alpha value is -1.14. The second-order valence-corrected chi connectivity index (χ2v) is 2.61. The van der Waals surface area contributed by atoms with E-state index in [1.165, 1.54) is 0 Å². The number of carboxylic acids is 1. The van der Waals surface area contributed by atoms with E-state index in [-0.39, 0.29) is 12.5 Å². The SMILES string of the molecule is CNC(C)C(=O)NCC(O)C(=O)O. The standard InChI is InChI=1S/C7H14N2O4/c1-4(8-2)6(11)9-3-5(10)7(12)13/h4-5,8,10H,3H2,1-2H3,(H,9,11)(H,12,13). The van der Waals surface area contributed by atoms with Crippen molar-refractivity contribution in [1.29, 1.82) is 0 Å². The number of hydrogen-bond donors (Lipinski definition) is 4. The molecule has 0 aromatic rings. The maximum absolute atomic E-state index is 11.0. The van der Waals surface area contributed by atoms with Crippen molar-refractivity contribution in [1.82, 2.24) is 10.6 Å². The summed E-state index contributed by atoms with van der Waals surface area (Å²) in [5.74, 6) is -1.69. The molecular weight excluding hydrogens is 176 g/mol. The quantitative estimate of drug-likeness (QED) is 0.408. The maximum Gasteiger partial charge on any atom is 0.334 e. The van der Waals surface area contributed by atoms with Crippen LogP contribution in [0.2, 0.25) is 0 Å². The lowest BCUT2D eigenvalue weighted by atomic mass is 10.3. The Morgan fingerprint density at radius 2 is 2.00 bits per heavy atom. The van der Waals surface area contributed by atoms with Crippen LogP contribution in [0.15, 0.2) is 0 Å². The van der Waals surface area contributed by atoms with Crippen LogP contribution < -0.4 is 10.6 Å². The molecule has 0 aromatic carbocycles. The molecule has 0 heterocycles. The molecule has 0 saturated carbocycles. The molecule has 0 fully saturated rings. The molecule has 4 N–H and O–H groups in total. The molecule has 0 rings (SSSR count). The molecule has 2 atom stereocenters. The van der Waals surface area contributed by atoms with Gasteiger partial charge in [0.2, 0.25) is 5.91 Å². The lowest BCUT2D eigenvalue weighted by molar-refractivity contribution is -0.146. The highest BCUT2D eigenvalue weighted by atomic mass is 16.4. The van der Waals surface area contributed by atoms with E-state index in [1.807, 2.05) is 0 Å². The monoisotopic (exact) mass is 190 g/mol. The Morgan fingerprint density at radius 3 is 2.38 bits per heavy atom. The van der Waals surface area contributed by atoms with Crippen LogP contribution in [0.4, 0.5) is 0 Å². The van der Waals surface area contributed by atoms with E-state index in [1.54, 1.807) is 14.0 Å². The molecule has 0 spiro atoms. The molecule has 0 saturated heterocycles. The zero-order valence-corrected chi connectivity index (χ0v) is 7.57. The van der Waals surface area contributed by atoms with E-state index in [0.29, 0.717) is 0 Å². The molecule has 0 aliphatic carbocycles. The molecule has 6 nitrogen and oxygen atoms in total. The minimum Gasteiger partial charge on any atom is -0.479 e. The van der Waals surface area contributed by atoms with Crippen molar-refractivity contribution < 1.29 is 19.8 Å². The van der Waals surface area contributed by atoms with Crippen LogP contribution in [0.1, 0.15) is 6.92 Å². The third-order valence-electron chi connectivity index (χ3n) is 1.58. The van der Waals surface area contributed by atoms with Crippen LogP contribution in [0.25, 0.3) is 0 Å². The Bertz CT molecular complexity index is 195. The average Bonchev–Trinajstić information content (AvgIpc) is 2.11. The first kappa shape index (κ1) is 11.9. The summed E-state index contributed by atoms with van der Waals surface area (Å²) < 4.78 is 0. The van der Waals surface area contributed by atoms with E-state index < -0.39 is 18.1 Å². The van der Waals surface area contributed by atoms with Gasteiger partial charge in [-0.3, -0.25) is 4.79 Å². The zero-order chi connectivity index (χ0) is 10.4. The molecule has 1 amide bonds. The summed E-state index contributed by atoms with van der Waals surface area (Å²) >= 11 is 0. The van der Waals surface area contributed by atoms with Crippen LogP contribution in [0.5, 0.6) is 0 Å². The molecule has 6 heteroatoms. The number of aliphatic hydroxyl groups excluding tert-OH is 1. The highest BCUT2D eigenvalue weighted by Gasteiger charge is 2.16. The van der Waals surface area contributed by atoms with E-state index in [9.17, 15) is 9.59 Å². The minimum atomic E-state index is -1.55. The molecule has 0 aliphatic heterocycles. The van der Waals surface area contributed by atoms with Gasteiger partial charge >= 0.3 is 5.97 Å². The average molecular weight is 190 g/mol. The normalized spacial score (nSPS) is 14.7. The first-order valence-corrected chi connectivity index (χ1v) is 3.85.